The van der Waals surface area contributed by atoms with Crippen molar-refractivity contribution in [1.29, 1.82) is 10.5 Å². The van der Waals surface area contributed by atoms with Crippen LogP contribution in [0.5, 0.6) is 0 Å². The number of amides is 3. The third kappa shape index (κ3) is 2.40. The first-order chi connectivity index (χ1) is 9.99. The lowest BCUT2D eigenvalue weighted by molar-refractivity contribution is 0.155. The van der Waals surface area contributed by atoms with Gasteiger partial charge in [0.1, 0.15) is 0 Å². The van der Waals surface area contributed by atoms with Crippen LogP contribution < -0.4 is 5.32 Å². The number of hydrogen-bond donors (Lipinski definition) is 2. The maximum Gasteiger partial charge on any atom is 0.419 e. The van der Waals surface area contributed by atoms with E-state index in [9.17, 15) is 14.9 Å². The summed E-state index contributed by atoms with van der Waals surface area (Å²) in [5, 5.41) is 29.6. The van der Waals surface area contributed by atoms with E-state index in [-0.39, 0.29) is 11.3 Å². The molecule has 3 amide bonds. The zero-order chi connectivity index (χ0) is 15.6. The molecule has 1 aliphatic heterocycles. The Bertz CT molecular complexity index is 739. The monoisotopic (exact) mass is 282 g/mol. The molecule has 1 unspecified atom stereocenters. The molecule has 2 N–H and O–H groups in total. The quantitative estimate of drug-likeness (QED) is 0.817. The number of rotatable bonds is 1. The van der Waals surface area contributed by atoms with Gasteiger partial charge in [-0.1, -0.05) is 12.1 Å². The highest BCUT2D eigenvalue weighted by molar-refractivity contribution is 5.94. The van der Waals surface area contributed by atoms with E-state index in [2.05, 4.69) is 5.32 Å². The van der Waals surface area contributed by atoms with Crippen LogP contribution in [-0.2, 0) is 0 Å². The standard InChI is InChI=1S/C14H10N4O3/c1-8-11(7-16)12(17-13(19)18(8)14(20)21)10-4-2-3-9(5-10)6-15/h2-5,12H,1H3,(H,17,19)(H,20,21). The Morgan fingerprint density at radius 3 is 2.67 bits per heavy atom. The molecule has 0 radical (unpaired) electrons. The van der Waals surface area contributed by atoms with Gasteiger partial charge < -0.3 is 10.4 Å². The van der Waals surface area contributed by atoms with Gasteiger partial charge in [0, 0.05) is 5.70 Å². The number of carbonyl (C=O) groups is 2. The van der Waals surface area contributed by atoms with E-state index in [4.69, 9.17) is 10.4 Å². The fourth-order valence-corrected chi connectivity index (χ4v) is 2.16. The van der Waals surface area contributed by atoms with Gasteiger partial charge in [-0.15, -0.1) is 0 Å². The van der Waals surface area contributed by atoms with Crippen molar-refractivity contribution in [3.63, 3.8) is 0 Å². The summed E-state index contributed by atoms with van der Waals surface area (Å²) in [6, 6.07) is 8.73. The number of benzene rings is 1. The Balaban J connectivity index is 2.55. The van der Waals surface area contributed by atoms with Gasteiger partial charge in [0.25, 0.3) is 0 Å². The zero-order valence-electron chi connectivity index (χ0n) is 11.0. The SMILES string of the molecule is CC1=C(C#N)C(c2cccc(C#N)c2)NC(=O)N1C(=O)O. The van der Waals surface area contributed by atoms with Crippen molar-refractivity contribution in [3.8, 4) is 12.1 Å². The molecule has 7 heteroatoms. The van der Waals surface area contributed by atoms with Crippen LogP contribution in [0.1, 0.15) is 24.1 Å². The average molecular weight is 282 g/mol. The van der Waals surface area contributed by atoms with Crippen molar-refractivity contribution < 1.29 is 14.7 Å². The lowest BCUT2D eigenvalue weighted by atomic mass is 9.95. The largest absolute Gasteiger partial charge is 0.464 e. The van der Waals surface area contributed by atoms with Crippen LogP contribution in [0, 0.1) is 22.7 Å². The van der Waals surface area contributed by atoms with E-state index in [0.717, 1.165) is 0 Å². The van der Waals surface area contributed by atoms with Crippen molar-refractivity contribution in [2.24, 2.45) is 0 Å². The summed E-state index contributed by atoms with van der Waals surface area (Å²) < 4.78 is 0. The predicted octanol–water partition coefficient (Wildman–Crippen LogP) is 2.10. The van der Waals surface area contributed by atoms with Crippen molar-refractivity contribution in [2.45, 2.75) is 13.0 Å². The molecule has 1 heterocycles. The molecule has 21 heavy (non-hydrogen) atoms. The normalized spacial score (nSPS) is 17.8. The fraction of sp³-hybridized carbons (Fsp3) is 0.143. The molecule has 1 aliphatic rings. The molecule has 0 fully saturated rings. The first-order valence-electron chi connectivity index (χ1n) is 5.94. The second-order valence-electron chi connectivity index (χ2n) is 4.35. The van der Waals surface area contributed by atoms with Crippen LogP contribution in [0.25, 0.3) is 0 Å². The van der Waals surface area contributed by atoms with Crippen molar-refractivity contribution in [2.75, 3.05) is 0 Å². The van der Waals surface area contributed by atoms with Crippen LogP contribution in [0.3, 0.4) is 0 Å². The number of nitrogens with zero attached hydrogens (tertiary/aromatic N) is 3. The van der Waals surface area contributed by atoms with Gasteiger partial charge in [-0.3, -0.25) is 0 Å². The fourth-order valence-electron chi connectivity index (χ4n) is 2.16. The molecular weight excluding hydrogens is 272 g/mol. The molecule has 0 aromatic heterocycles. The molecule has 0 saturated carbocycles. The minimum atomic E-state index is -1.46. The van der Waals surface area contributed by atoms with Gasteiger partial charge in [-0.2, -0.15) is 10.5 Å². The van der Waals surface area contributed by atoms with E-state index in [1.165, 1.54) is 6.92 Å². The van der Waals surface area contributed by atoms with E-state index < -0.39 is 18.2 Å². The molecule has 0 aliphatic carbocycles. The summed E-state index contributed by atoms with van der Waals surface area (Å²) in [5.41, 5.74) is 1.11. The first kappa shape index (κ1) is 14.1. The van der Waals surface area contributed by atoms with Crippen molar-refractivity contribution in [3.05, 3.63) is 46.7 Å². The van der Waals surface area contributed by atoms with Crippen molar-refractivity contribution >= 4 is 12.1 Å². The number of hydrogen-bond acceptors (Lipinski definition) is 4. The topological polar surface area (TPSA) is 117 Å². The Kier molecular flexibility index (Phi) is 3.59. The number of urea groups is 1. The molecule has 7 nitrogen and oxygen atoms in total. The Morgan fingerprint density at radius 2 is 2.10 bits per heavy atom. The molecule has 2 rings (SSSR count). The van der Waals surface area contributed by atoms with Crippen LogP contribution in [-0.4, -0.2) is 22.1 Å². The van der Waals surface area contributed by atoms with Crippen LogP contribution >= 0.6 is 0 Å². The van der Waals surface area contributed by atoms with E-state index in [0.29, 0.717) is 16.0 Å². The zero-order valence-corrected chi connectivity index (χ0v) is 11.0. The number of carbonyl (C=O) groups excluding carboxylic acids is 1. The van der Waals surface area contributed by atoms with Crippen LogP contribution in [0.15, 0.2) is 35.5 Å². The average Bonchev–Trinajstić information content (AvgIpc) is 2.46. The number of carboxylic acid groups (broad SMARTS) is 1. The number of nitriles is 2. The Morgan fingerprint density at radius 1 is 1.38 bits per heavy atom. The minimum Gasteiger partial charge on any atom is -0.464 e. The van der Waals surface area contributed by atoms with Gasteiger partial charge in [0.2, 0.25) is 0 Å². The van der Waals surface area contributed by atoms with Gasteiger partial charge in [-0.25, -0.2) is 14.5 Å². The van der Waals surface area contributed by atoms with Gasteiger partial charge >= 0.3 is 12.1 Å². The van der Waals surface area contributed by atoms with Gasteiger partial charge in [0.15, 0.2) is 0 Å². The summed E-state index contributed by atoms with van der Waals surface area (Å²) in [7, 11) is 0. The molecule has 0 bridgehead atoms. The van der Waals surface area contributed by atoms with Crippen LogP contribution in [0.4, 0.5) is 9.59 Å². The highest BCUT2D eigenvalue weighted by Crippen LogP contribution is 2.30. The lowest BCUT2D eigenvalue weighted by Crippen LogP contribution is -2.48. The van der Waals surface area contributed by atoms with E-state index in [1.54, 1.807) is 24.3 Å². The lowest BCUT2D eigenvalue weighted by Gasteiger charge is -2.30. The van der Waals surface area contributed by atoms with Crippen LogP contribution in [0.2, 0.25) is 0 Å². The predicted molar refractivity (Wildman–Crippen MR) is 70.6 cm³/mol. The third-order valence-corrected chi connectivity index (χ3v) is 3.15. The third-order valence-electron chi connectivity index (χ3n) is 3.15. The first-order valence-corrected chi connectivity index (χ1v) is 5.94. The molecule has 0 spiro atoms. The number of allylic oxidation sites excluding steroid dienone is 1. The second-order valence-corrected chi connectivity index (χ2v) is 4.35. The molecule has 1 atom stereocenters. The highest BCUT2D eigenvalue weighted by atomic mass is 16.4. The summed E-state index contributed by atoms with van der Waals surface area (Å²) in [4.78, 5) is 23.4. The Hall–Kier alpha value is -3.32. The van der Waals surface area contributed by atoms with Gasteiger partial charge in [-0.05, 0) is 24.6 Å². The number of nitrogens with one attached hydrogen (secondary N) is 1. The second kappa shape index (κ2) is 5.35. The molecule has 1 aromatic carbocycles. The van der Waals surface area contributed by atoms with Gasteiger partial charge in [0.05, 0.1) is 29.3 Å². The maximum absolute atomic E-state index is 11.9. The van der Waals surface area contributed by atoms with E-state index in [1.807, 2.05) is 12.1 Å². The Labute approximate surface area is 120 Å². The minimum absolute atomic E-state index is 0.0566. The van der Waals surface area contributed by atoms with E-state index >= 15 is 0 Å². The summed E-state index contributed by atoms with van der Waals surface area (Å²) in [6.45, 7) is 1.40. The summed E-state index contributed by atoms with van der Waals surface area (Å²) in [5.74, 6) is 0. The smallest absolute Gasteiger partial charge is 0.419 e. The number of imide groups is 1. The maximum atomic E-state index is 11.9. The summed E-state index contributed by atoms with van der Waals surface area (Å²) in [6.07, 6.45) is -1.46. The summed E-state index contributed by atoms with van der Waals surface area (Å²) >= 11 is 0. The molecule has 1 aromatic rings. The molecule has 104 valence electrons. The van der Waals surface area contributed by atoms with Crippen molar-refractivity contribution in [1.82, 2.24) is 10.2 Å². The molecular formula is C14H10N4O3. The molecule has 0 saturated heterocycles. The highest BCUT2D eigenvalue weighted by Gasteiger charge is 2.35.